The third-order valence-electron chi connectivity index (χ3n) is 2.97. The van der Waals surface area contributed by atoms with Crippen LogP contribution in [0.1, 0.15) is 0 Å². The molecule has 0 saturated heterocycles. The van der Waals surface area contributed by atoms with Crippen LogP contribution in [-0.4, -0.2) is 22.1 Å². The Morgan fingerprint density at radius 3 is 2.35 bits per heavy atom. The van der Waals surface area contributed by atoms with Crippen molar-refractivity contribution in [3.8, 4) is 22.7 Å². The van der Waals surface area contributed by atoms with Gasteiger partial charge in [-0.3, -0.25) is 0 Å². The summed E-state index contributed by atoms with van der Waals surface area (Å²) in [5.74, 6) is 0.518. The van der Waals surface area contributed by atoms with Gasteiger partial charge in [-0.05, 0) is 48.5 Å². The minimum Gasteiger partial charge on any atom is -0.497 e. The van der Waals surface area contributed by atoms with Gasteiger partial charge in [-0.2, -0.15) is 0 Å². The zero-order valence-electron chi connectivity index (χ0n) is 10.8. The third kappa shape index (κ3) is 2.38. The van der Waals surface area contributed by atoms with Crippen LogP contribution in [0, 0.1) is 5.82 Å². The zero-order valence-corrected chi connectivity index (χ0v) is 10.8. The Kier molecular flexibility index (Phi) is 3.16. The number of hydrogen-bond donors (Lipinski definition) is 0. The molecule has 2 aromatic carbocycles. The molecule has 3 rings (SSSR count). The number of methoxy groups -OCH3 is 1. The topological polar surface area (TPSA) is 39.9 Å². The van der Waals surface area contributed by atoms with Gasteiger partial charge in [0.25, 0.3) is 0 Å². The first-order valence-electron chi connectivity index (χ1n) is 6.09. The third-order valence-corrected chi connectivity index (χ3v) is 2.97. The lowest BCUT2D eigenvalue weighted by atomic mass is 10.1. The molecule has 0 spiro atoms. The smallest absolute Gasteiger partial charge is 0.123 e. The van der Waals surface area contributed by atoms with Crippen LogP contribution in [0.15, 0.2) is 54.7 Å². The Morgan fingerprint density at radius 2 is 1.70 bits per heavy atom. The van der Waals surface area contributed by atoms with E-state index in [9.17, 15) is 4.39 Å². The van der Waals surface area contributed by atoms with Crippen LogP contribution in [-0.2, 0) is 0 Å². The van der Waals surface area contributed by atoms with Crippen LogP contribution < -0.4 is 4.74 Å². The van der Waals surface area contributed by atoms with Crippen molar-refractivity contribution in [1.29, 1.82) is 0 Å². The molecule has 0 aliphatic carbocycles. The highest BCUT2D eigenvalue weighted by atomic mass is 19.1. The second-order valence-corrected chi connectivity index (χ2v) is 4.25. The van der Waals surface area contributed by atoms with E-state index in [2.05, 4.69) is 10.3 Å². The SMILES string of the molecule is COc1ccc(-c2cn(-c3ccc(F)cc3)nn2)cc1. The van der Waals surface area contributed by atoms with Crippen LogP contribution in [0.2, 0.25) is 0 Å². The van der Waals surface area contributed by atoms with Crippen molar-refractivity contribution in [2.24, 2.45) is 0 Å². The van der Waals surface area contributed by atoms with Gasteiger partial charge in [0.1, 0.15) is 17.3 Å². The molecule has 3 aromatic rings. The molecular formula is C15H12FN3O. The molecule has 4 nitrogen and oxygen atoms in total. The molecule has 0 saturated carbocycles. The molecule has 0 fully saturated rings. The number of benzene rings is 2. The Balaban J connectivity index is 1.91. The minimum atomic E-state index is -0.274. The Hall–Kier alpha value is -2.69. The van der Waals surface area contributed by atoms with Crippen LogP contribution >= 0.6 is 0 Å². The summed E-state index contributed by atoms with van der Waals surface area (Å²) in [6.07, 6.45) is 1.80. The van der Waals surface area contributed by atoms with Gasteiger partial charge in [-0.1, -0.05) is 5.21 Å². The average molecular weight is 269 g/mol. The predicted molar refractivity (Wildman–Crippen MR) is 73.3 cm³/mol. The van der Waals surface area contributed by atoms with Crippen LogP contribution in [0.5, 0.6) is 5.75 Å². The van der Waals surface area contributed by atoms with Crippen molar-refractivity contribution in [3.05, 3.63) is 60.5 Å². The number of ether oxygens (including phenoxy) is 1. The Labute approximate surface area is 115 Å². The van der Waals surface area contributed by atoms with Crippen molar-refractivity contribution in [1.82, 2.24) is 15.0 Å². The van der Waals surface area contributed by atoms with Gasteiger partial charge >= 0.3 is 0 Å². The molecule has 1 heterocycles. The molecule has 0 amide bonds. The van der Waals surface area contributed by atoms with E-state index in [1.54, 1.807) is 30.1 Å². The molecule has 0 aliphatic heterocycles. The van der Waals surface area contributed by atoms with E-state index in [0.717, 1.165) is 22.7 Å². The quantitative estimate of drug-likeness (QED) is 0.733. The van der Waals surface area contributed by atoms with Gasteiger partial charge in [0, 0.05) is 5.56 Å². The van der Waals surface area contributed by atoms with Crippen molar-refractivity contribution >= 4 is 0 Å². The molecule has 100 valence electrons. The second kappa shape index (κ2) is 5.13. The first-order chi connectivity index (χ1) is 9.76. The largest absolute Gasteiger partial charge is 0.497 e. The van der Waals surface area contributed by atoms with Crippen molar-refractivity contribution in [2.45, 2.75) is 0 Å². The normalized spacial score (nSPS) is 10.5. The first-order valence-corrected chi connectivity index (χ1v) is 6.09. The lowest BCUT2D eigenvalue weighted by molar-refractivity contribution is 0.415. The molecule has 0 unspecified atom stereocenters. The van der Waals surface area contributed by atoms with E-state index in [0.29, 0.717) is 0 Å². The highest BCUT2D eigenvalue weighted by molar-refractivity contribution is 5.59. The second-order valence-electron chi connectivity index (χ2n) is 4.25. The van der Waals surface area contributed by atoms with Crippen LogP contribution in [0.25, 0.3) is 16.9 Å². The summed E-state index contributed by atoms with van der Waals surface area (Å²) in [7, 11) is 1.62. The fraction of sp³-hybridized carbons (Fsp3) is 0.0667. The Bertz CT molecular complexity index is 705. The van der Waals surface area contributed by atoms with Crippen molar-refractivity contribution in [2.75, 3.05) is 7.11 Å². The van der Waals surface area contributed by atoms with E-state index in [1.165, 1.54) is 12.1 Å². The zero-order chi connectivity index (χ0) is 13.9. The molecule has 20 heavy (non-hydrogen) atoms. The van der Waals surface area contributed by atoms with Gasteiger partial charge in [0.2, 0.25) is 0 Å². The maximum absolute atomic E-state index is 12.9. The van der Waals surface area contributed by atoms with E-state index >= 15 is 0 Å². The predicted octanol–water partition coefficient (Wildman–Crippen LogP) is 3.08. The fourth-order valence-corrected chi connectivity index (χ4v) is 1.88. The molecule has 0 atom stereocenters. The van der Waals surface area contributed by atoms with Gasteiger partial charge in [-0.25, -0.2) is 9.07 Å². The molecule has 0 bridgehead atoms. The van der Waals surface area contributed by atoms with Gasteiger partial charge < -0.3 is 4.74 Å². The summed E-state index contributed by atoms with van der Waals surface area (Å²) in [5, 5.41) is 8.17. The fourth-order valence-electron chi connectivity index (χ4n) is 1.88. The number of rotatable bonds is 3. The van der Waals surface area contributed by atoms with Gasteiger partial charge in [0.15, 0.2) is 0 Å². The van der Waals surface area contributed by atoms with Crippen LogP contribution in [0.3, 0.4) is 0 Å². The molecular weight excluding hydrogens is 257 g/mol. The number of aromatic nitrogens is 3. The number of nitrogens with zero attached hydrogens (tertiary/aromatic N) is 3. The Morgan fingerprint density at radius 1 is 1.00 bits per heavy atom. The lowest BCUT2D eigenvalue weighted by Gasteiger charge is -2.00. The van der Waals surface area contributed by atoms with Gasteiger partial charge in [0.05, 0.1) is 19.0 Å². The maximum Gasteiger partial charge on any atom is 0.123 e. The number of hydrogen-bond acceptors (Lipinski definition) is 3. The van der Waals surface area contributed by atoms with Crippen molar-refractivity contribution < 1.29 is 9.13 Å². The molecule has 0 aliphatic rings. The lowest BCUT2D eigenvalue weighted by Crippen LogP contribution is -1.94. The molecule has 1 aromatic heterocycles. The summed E-state index contributed by atoms with van der Waals surface area (Å²) >= 11 is 0. The summed E-state index contributed by atoms with van der Waals surface area (Å²) in [5.41, 5.74) is 2.45. The highest BCUT2D eigenvalue weighted by Crippen LogP contribution is 2.21. The minimum absolute atomic E-state index is 0.274. The summed E-state index contributed by atoms with van der Waals surface area (Å²) in [6.45, 7) is 0. The van der Waals surface area contributed by atoms with Crippen LogP contribution in [0.4, 0.5) is 4.39 Å². The first kappa shape index (κ1) is 12.3. The van der Waals surface area contributed by atoms with E-state index < -0.39 is 0 Å². The van der Waals surface area contributed by atoms with E-state index in [-0.39, 0.29) is 5.82 Å². The molecule has 5 heteroatoms. The highest BCUT2D eigenvalue weighted by Gasteiger charge is 2.05. The summed E-state index contributed by atoms with van der Waals surface area (Å²) in [4.78, 5) is 0. The maximum atomic E-state index is 12.9. The standard InChI is InChI=1S/C15H12FN3O/c1-20-14-8-2-11(3-9-14)15-10-19(18-17-15)13-6-4-12(16)5-7-13/h2-10H,1H3. The van der Waals surface area contributed by atoms with Crippen molar-refractivity contribution in [3.63, 3.8) is 0 Å². The van der Waals surface area contributed by atoms with E-state index in [4.69, 9.17) is 4.74 Å². The summed E-state index contributed by atoms with van der Waals surface area (Å²) in [6, 6.07) is 13.7. The van der Waals surface area contributed by atoms with Gasteiger partial charge in [-0.15, -0.1) is 5.10 Å². The summed E-state index contributed by atoms with van der Waals surface area (Å²) < 4.78 is 19.6. The number of halogens is 1. The average Bonchev–Trinajstić information content (AvgIpc) is 2.98. The molecule has 0 N–H and O–H groups in total. The monoisotopic (exact) mass is 269 g/mol. The molecule has 0 radical (unpaired) electrons. The van der Waals surface area contributed by atoms with E-state index in [1.807, 2.05) is 24.3 Å².